The zero-order chi connectivity index (χ0) is 13.7. The van der Waals surface area contributed by atoms with E-state index in [4.69, 9.17) is 5.11 Å². The minimum Gasteiger partial charge on any atom is -0.481 e. The second-order valence-corrected chi connectivity index (χ2v) is 5.24. The van der Waals surface area contributed by atoms with E-state index < -0.39 is 11.9 Å². The number of rotatable bonds is 5. The molecular weight excluding hydrogens is 232 g/mol. The van der Waals surface area contributed by atoms with E-state index in [1.165, 1.54) is 0 Å². The van der Waals surface area contributed by atoms with Gasteiger partial charge in [0.15, 0.2) is 0 Å². The molecule has 1 saturated carbocycles. The second kappa shape index (κ2) is 6.61. The number of nitrogens with zero attached hydrogens (tertiary/aromatic N) is 1. The van der Waals surface area contributed by atoms with E-state index in [-0.39, 0.29) is 18.6 Å². The lowest BCUT2D eigenvalue weighted by Gasteiger charge is -2.26. The quantitative estimate of drug-likeness (QED) is 0.789. The molecule has 1 fully saturated rings. The van der Waals surface area contributed by atoms with E-state index in [1.54, 1.807) is 11.8 Å². The van der Waals surface area contributed by atoms with Gasteiger partial charge in [-0.25, -0.2) is 4.79 Å². The number of carboxylic acids is 1. The van der Waals surface area contributed by atoms with Gasteiger partial charge >= 0.3 is 12.0 Å². The van der Waals surface area contributed by atoms with Crippen LogP contribution in [-0.2, 0) is 4.79 Å². The van der Waals surface area contributed by atoms with Gasteiger partial charge in [0.05, 0.1) is 5.92 Å². The highest BCUT2D eigenvalue weighted by molar-refractivity contribution is 5.76. The van der Waals surface area contributed by atoms with Crippen LogP contribution >= 0.6 is 0 Å². The van der Waals surface area contributed by atoms with Crippen LogP contribution in [0.3, 0.4) is 0 Å². The molecule has 2 N–H and O–H groups in total. The molecule has 0 aliphatic heterocycles. The van der Waals surface area contributed by atoms with Crippen LogP contribution in [0, 0.1) is 11.8 Å². The molecule has 5 heteroatoms. The van der Waals surface area contributed by atoms with Crippen molar-refractivity contribution in [2.24, 2.45) is 11.8 Å². The summed E-state index contributed by atoms with van der Waals surface area (Å²) in [7, 11) is 0. The number of carboxylic acid groups (broad SMARTS) is 1. The maximum absolute atomic E-state index is 12.1. The predicted octanol–water partition coefficient (Wildman–Crippen LogP) is 1.93. The molecule has 5 nitrogen and oxygen atoms in total. The van der Waals surface area contributed by atoms with Crippen LogP contribution in [0.25, 0.3) is 0 Å². The molecule has 0 aromatic rings. The lowest BCUT2D eigenvalue weighted by atomic mass is 10.1. The first kappa shape index (κ1) is 14.8. The first-order chi connectivity index (χ1) is 8.45. The van der Waals surface area contributed by atoms with E-state index in [0.29, 0.717) is 12.5 Å². The molecule has 1 aliphatic rings. The standard InChI is InChI=1S/C13H24N2O3/c1-4-15(8-10(3)12(16)17)13(18)14-11-7-5-6-9(11)2/h9-11H,4-8H2,1-3H3,(H,14,18)(H,16,17). The fourth-order valence-electron chi connectivity index (χ4n) is 2.37. The van der Waals surface area contributed by atoms with Gasteiger partial charge in [-0.1, -0.05) is 20.3 Å². The van der Waals surface area contributed by atoms with Gasteiger partial charge < -0.3 is 15.3 Å². The number of hydrogen-bond donors (Lipinski definition) is 2. The van der Waals surface area contributed by atoms with Crippen molar-refractivity contribution in [2.75, 3.05) is 13.1 Å². The molecule has 0 spiro atoms. The molecular formula is C13H24N2O3. The minimum absolute atomic E-state index is 0.135. The molecule has 0 heterocycles. The van der Waals surface area contributed by atoms with Gasteiger partial charge in [-0.15, -0.1) is 0 Å². The van der Waals surface area contributed by atoms with Crippen LogP contribution < -0.4 is 5.32 Å². The number of urea groups is 1. The van der Waals surface area contributed by atoms with E-state index >= 15 is 0 Å². The van der Waals surface area contributed by atoms with Gasteiger partial charge in [0.2, 0.25) is 0 Å². The summed E-state index contributed by atoms with van der Waals surface area (Å²) in [4.78, 5) is 24.4. The fourth-order valence-corrected chi connectivity index (χ4v) is 2.37. The molecule has 2 amide bonds. The Balaban J connectivity index is 2.48. The smallest absolute Gasteiger partial charge is 0.317 e. The molecule has 3 unspecified atom stereocenters. The van der Waals surface area contributed by atoms with Crippen molar-refractivity contribution in [3.8, 4) is 0 Å². The van der Waals surface area contributed by atoms with Gasteiger partial charge in [-0.05, 0) is 25.7 Å². The van der Waals surface area contributed by atoms with Crippen molar-refractivity contribution in [2.45, 2.75) is 46.1 Å². The van der Waals surface area contributed by atoms with Crippen LogP contribution in [0.4, 0.5) is 4.79 Å². The van der Waals surface area contributed by atoms with Crippen molar-refractivity contribution in [3.63, 3.8) is 0 Å². The predicted molar refractivity (Wildman–Crippen MR) is 69.4 cm³/mol. The molecule has 0 aromatic heterocycles. The third kappa shape index (κ3) is 3.89. The molecule has 1 aliphatic carbocycles. The summed E-state index contributed by atoms with van der Waals surface area (Å²) in [5.41, 5.74) is 0. The summed E-state index contributed by atoms with van der Waals surface area (Å²) in [5, 5.41) is 11.9. The van der Waals surface area contributed by atoms with Crippen molar-refractivity contribution in [1.82, 2.24) is 10.2 Å². The summed E-state index contributed by atoms with van der Waals surface area (Å²) >= 11 is 0. The molecule has 0 saturated heterocycles. The average Bonchev–Trinajstić information content (AvgIpc) is 2.71. The first-order valence-electron chi connectivity index (χ1n) is 6.74. The number of nitrogens with one attached hydrogen (secondary N) is 1. The van der Waals surface area contributed by atoms with E-state index in [0.717, 1.165) is 19.3 Å². The minimum atomic E-state index is -0.865. The van der Waals surface area contributed by atoms with Crippen LogP contribution in [0.1, 0.15) is 40.0 Å². The summed E-state index contributed by atoms with van der Waals surface area (Å²) in [6.45, 7) is 6.43. The van der Waals surface area contributed by atoms with Crippen molar-refractivity contribution in [1.29, 1.82) is 0 Å². The number of hydrogen-bond acceptors (Lipinski definition) is 2. The van der Waals surface area contributed by atoms with Crippen LogP contribution in [0.15, 0.2) is 0 Å². The highest BCUT2D eigenvalue weighted by Gasteiger charge is 2.27. The molecule has 3 atom stereocenters. The van der Waals surface area contributed by atoms with Gasteiger partial charge in [0.25, 0.3) is 0 Å². The topological polar surface area (TPSA) is 69.6 Å². The Morgan fingerprint density at radius 1 is 1.44 bits per heavy atom. The van der Waals surface area contributed by atoms with Crippen LogP contribution in [-0.4, -0.2) is 41.1 Å². The Bertz CT molecular complexity index is 307. The fraction of sp³-hybridized carbons (Fsp3) is 0.846. The molecule has 0 aromatic carbocycles. The Kier molecular flexibility index (Phi) is 5.44. The zero-order valence-corrected chi connectivity index (χ0v) is 11.5. The van der Waals surface area contributed by atoms with Crippen LogP contribution in [0.5, 0.6) is 0 Å². The molecule has 1 rings (SSSR count). The van der Waals surface area contributed by atoms with Crippen LogP contribution in [0.2, 0.25) is 0 Å². The first-order valence-corrected chi connectivity index (χ1v) is 6.74. The highest BCUT2D eigenvalue weighted by Crippen LogP contribution is 2.24. The van der Waals surface area contributed by atoms with Gasteiger partial charge in [0, 0.05) is 19.1 Å². The van der Waals surface area contributed by atoms with Gasteiger partial charge in [-0.2, -0.15) is 0 Å². The number of amides is 2. The molecule has 0 bridgehead atoms. The van der Waals surface area contributed by atoms with E-state index in [1.807, 2.05) is 6.92 Å². The Morgan fingerprint density at radius 2 is 2.11 bits per heavy atom. The number of aliphatic carboxylic acids is 1. The largest absolute Gasteiger partial charge is 0.481 e. The lowest BCUT2D eigenvalue weighted by Crippen LogP contribution is -2.47. The van der Waals surface area contributed by atoms with E-state index in [2.05, 4.69) is 12.2 Å². The normalized spacial score (nSPS) is 24.6. The zero-order valence-electron chi connectivity index (χ0n) is 11.5. The van der Waals surface area contributed by atoms with E-state index in [9.17, 15) is 9.59 Å². The van der Waals surface area contributed by atoms with Gasteiger partial charge in [-0.3, -0.25) is 4.79 Å². The summed E-state index contributed by atoms with van der Waals surface area (Å²) in [5.74, 6) is -0.878. The second-order valence-electron chi connectivity index (χ2n) is 5.24. The third-order valence-corrected chi connectivity index (χ3v) is 3.76. The monoisotopic (exact) mass is 256 g/mol. The average molecular weight is 256 g/mol. The number of carbonyl (C=O) groups is 2. The highest BCUT2D eigenvalue weighted by atomic mass is 16.4. The summed E-state index contributed by atoms with van der Waals surface area (Å²) in [6.07, 6.45) is 3.34. The maximum atomic E-state index is 12.1. The number of carbonyl (C=O) groups excluding carboxylic acids is 1. The molecule has 104 valence electrons. The van der Waals surface area contributed by atoms with Crippen molar-refractivity contribution < 1.29 is 14.7 Å². The summed E-state index contributed by atoms with van der Waals surface area (Å²) < 4.78 is 0. The Hall–Kier alpha value is -1.26. The third-order valence-electron chi connectivity index (χ3n) is 3.76. The SMILES string of the molecule is CCN(CC(C)C(=O)O)C(=O)NC1CCCC1C. The Labute approximate surface area is 109 Å². The van der Waals surface area contributed by atoms with Crippen molar-refractivity contribution >= 4 is 12.0 Å². The lowest BCUT2D eigenvalue weighted by molar-refractivity contribution is -0.141. The Morgan fingerprint density at radius 3 is 2.56 bits per heavy atom. The molecule has 0 radical (unpaired) electrons. The summed E-state index contributed by atoms with van der Waals surface area (Å²) in [6, 6.07) is 0.107. The molecule has 18 heavy (non-hydrogen) atoms. The van der Waals surface area contributed by atoms with Gasteiger partial charge in [0.1, 0.15) is 0 Å². The maximum Gasteiger partial charge on any atom is 0.317 e. The van der Waals surface area contributed by atoms with Crippen molar-refractivity contribution in [3.05, 3.63) is 0 Å².